The summed E-state index contributed by atoms with van der Waals surface area (Å²) in [5.41, 5.74) is -0.0981. The van der Waals surface area contributed by atoms with E-state index in [-0.39, 0.29) is 5.91 Å². The standard InChI is InChI=1S/C19H23F3N4O2/c1-28-13-18(7-9-23-10-8-18)17(27)24-12-14-2-4-15(5-3-14)26-11-6-16(25-26)19(20,21)22/h2-6,11,23H,7-10,12-13H2,1H3,(H,24,27). The van der Waals surface area contributed by atoms with Gasteiger partial charge in [0.2, 0.25) is 5.91 Å². The van der Waals surface area contributed by atoms with Crippen LogP contribution in [0.4, 0.5) is 13.2 Å². The third-order valence-corrected chi connectivity index (χ3v) is 5.00. The number of methoxy groups -OCH3 is 1. The molecule has 9 heteroatoms. The summed E-state index contributed by atoms with van der Waals surface area (Å²) in [6.45, 7) is 2.26. The highest BCUT2D eigenvalue weighted by Gasteiger charge is 2.39. The highest BCUT2D eigenvalue weighted by molar-refractivity contribution is 5.83. The lowest BCUT2D eigenvalue weighted by molar-refractivity contribution is -0.141. The van der Waals surface area contributed by atoms with Crippen LogP contribution in [0.2, 0.25) is 0 Å². The summed E-state index contributed by atoms with van der Waals surface area (Å²) < 4.78 is 44.4. The Morgan fingerprint density at radius 1 is 1.25 bits per heavy atom. The number of nitrogens with one attached hydrogen (secondary N) is 2. The maximum Gasteiger partial charge on any atom is 0.435 e. The molecule has 0 unspecified atom stereocenters. The van der Waals surface area contributed by atoms with Gasteiger partial charge < -0.3 is 15.4 Å². The van der Waals surface area contributed by atoms with E-state index in [1.165, 1.54) is 10.9 Å². The summed E-state index contributed by atoms with van der Waals surface area (Å²) in [4.78, 5) is 12.7. The number of rotatable bonds is 6. The van der Waals surface area contributed by atoms with Crippen LogP contribution in [-0.4, -0.2) is 42.5 Å². The Morgan fingerprint density at radius 3 is 2.50 bits per heavy atom. The number of benzene rings is 1. The van der Waals surface area contributed by atoms with E-state index in [4.69, 9.17) is 4.74 Å². The molecule has 3 rings (SSSR count). The fraction of sp³-hybridized carbons (Fsp3) is 0.474. The summed E-state index contributed by atoms with van der Waals surface area (Å²) >= 11 is 0. The quantitative estimate of drug-likeness (QED) is 0.788. The molecule has 1 aliphatic heterocycles. The van der Waals surface area contributed by atoms with Gasteiger partial charge in [0, 0.05) is 19.9 Å². The van der Waals surface area contributed by atoms with Crippen molar-refractivity contribution in [1.29, 1.82) is 0 Å². The van der Waals surface area contributed by atoms with Gasteiger partial charge in [0.15, 0.2) is 5.69 Å². The minimum absolute atomic E-state index is 0.0400. The van der Waals surface area contributed by atoms with Crippen LogP contribution >= 0.6 is 0 Å². The zero-order valence-corrected chi connectivity index (χ0v) is 15.6. The number of halogens is 3. The summed E-state index contributed by atoms with van der Waals surface area (Å²) in [5.74, 6) is -0.0400. The average molecular weight is 396 g/mol. The second-order valence-electron chi connectivity index (χ2n) is 6.96. The number of piperidine rings is 1. The van der Waals surface area contributed by atoms with Crippen molar-refractivity contribution in [2.24, 2.45) is 5.41 Å². The molecule has 28 heavy (non-hydrogen) atoms. The summed E-state index contributed by atoms with van der Waals surface area (Å²) in [6, 6.07) is 7.79. The molecular formula is C19H23F3N4O2. The lowest BCUT2D eigenvalue weighted by Crippen LogP contribution is -2.49. The molecule has 0 spiro atoms. The topological polar surface area (TPSA) is 68.2 Å². The lowest BCUT2D eigenvalue weighted by atomic mass is 9.78. The molecule has 6 nitrogen and oxygen atoms in total. The van der Waals surface area contributed by atoms with E-state index in [2.05, 4.69) is 15.7 Å². The fourth-order valence-corrected chi connectivity index (χ4v) is 3.37. The minimum atomic E-state index is -4.47. The van der Waals surface area contributed by atoms with Gasteiger partial charge in [0.25, 0.3) is 0 Å². The summed E-state index contributed by atoms with van der Waals surface area (Å²) in [6.07, 6.45) is -1.77. The highest BCUT2D eigenvalue weighted by Crippen LogP contribution is 2.30. The second-order valence-corrected chi connectivity index (χ2v) is 6.96. The third-order valence-electron chi connectivity index (χ3n) is 5.00. The van der Waals surface area contributed by atoms with Crippen molar-refractivity contribution in [3.05, 3.63) is 47.8 Å². The second kappa shape index (κ2) is 8.32. The minimum Gasteiger partial charge on any atom is -0.384 e. The van der Waals surface area contributed by atoms with E-state index in [1.807, 2.05) is 0 Å². The average Bonchev–Trinajstić information content (AvgIpc) is 3.18. The first-order valence-corrected chi connectivity index (χ1v) is 9.04. The number of nitrogens with zero attached hydrogens (tertiary/aromatic N) is 2. The first-order chi connectivity index (χ1) is 13.3. The van der Waals surface area contributed by atoms with Crippen LogP contribution < -0.4 is 10.6 Å². The van der Waals surface area contributed by atoms with Crippen molar-refractivity contribution in [3.8, 4) is 5.69 Å². The van der Waals surface area contributed by atoms with Crippen molar-refractivity contribution in [2.75, 3.05) is 26.8 Å². The van der Waals surface area contributed by atoms with Gasteiger partial charge in [-0.05, 0) is 49.7 Å². The van der Waals surface area contributed by atoms with Gasteiger partial charge in [0.05, 0.1) is 17.7 Å². The Kier molecular flexibility index (Phi) is 6.04. The van der Waals surface area contributed by atoms with Crippen LogP contribution in [0.25, 0.3) is 5.69 Å². The Morgan fingerprint density at radius 2 is 1.93 bits per heavy atom. The molecule has 1 aromatic heterocycles. The molecule has 0 radical (unpaired) electrons. The molecule has 1 saturated heterocycles. The summed E-state index contributed by atoms with van der Waals surface area (Å²) in [7, 11) is 1.59. The smallest absolute Gasteiger partial charge is 0.384 e. The van der Waals surface area contributed by atoms with E-state index >= 15 is 0 Å². The Balaban J connectivity index is 1.62. The van der Waals surface area contributed by atoms with Crippen molar-refractivity contribution in [3.63, 3.8) is 0 Å². The van der Waals surface area contributed by atoms with Crippen molar-refractivity contribution >= 4 is 5.91 Å². The Bertz CT molecular complexity index is 791. The molecule has 0 saturated carbocycles. The number of aromatic nitrogens is 2. The number of hydrogen-bond acceptors (Lipinski definition) is 4. The maximum absolute atomic E-state index is 12.7. The molecule has 1 aliphatic rings. The molecule has 0 bridgehead atoms. The van der Waals surface area contributed by atoms with Crippen LogP contribution in [0, 0.1) is 5.41 Å². The number of hydrogen-bond donors (Lipinski definition) is 2. The van der Waals surface area contributed by atoms with Gasteiger partial charge >= 0.3 is 6.18 Å². The number of ether oxygens (including phenoxy) is 1. The van der Waals surface area contributed by atoms with Crippen LogP contribution in [0.3, 0.4) is 0 Å². The zero-order chi connectivity index (χ0) is 20.2. The van der Waals surface area contributed by atoms with Gasteiger partial charge in [-0.1, -0.05) is 12.1 Å². The number of alkyl halides is 3. The van der Waals surface area contributed by atoms with E-state index in [1.54, 1.807) is 31.4 Å². The number of amides is 1. The largest absolute Gasteiger partial charge is 0.435 e. The van der Waals surface area contributed by atoms with E-state index in [9.17, 15) is 18.0 Å². The third kappa shape index (κ3) is 4.53. The first-order valence-electron chi connectivity index (χ1n) is 9.04. The Hall–Kier alpha value is -2.39. The van der Waals surface area contributed by atoms with Gasteiger partial charge in [-0.25, -0.2) is 4.68 Å². The molecule has 152 valence electrons. The van der Waals surface area contributed by atoms with Gasteiger partial charge in [0.1, 0.15) is 0 Å². The fourth-order valence-electron chi connectivity index (χ4n) is 3.37. The molecule has 0 atom stereocenters. The predicted octanol–water partition coefficient (Wildman–Crippen LogP) is 2.52. The first kappa shape index (κ1) is 20.3. The van der Waals surface area contributed by atoms with Crippen molar-refractivity contribution in [2.45, 2.75) is 25.6 Å². The molecule has 0 aliphatic carbocycles. The monoisotopic (exact) mass is 396 g/mol. The maximum atomic E-state index is 12.7. The molecule has 1 fully saturated rings. The molecule has 2 aromatic rings. The number of carbonyl (C=O) groups is 1. The molecule has 2 heterocycles. The van der Waals surface area contributed by atoms with Crippen LogP contribution in [0.15, 0.2) is 36.5 Å². The number of carbonyl (C=O) groups excluding carboxylic acids is 1. The van der Waals surface area contributed by atoms with E-state index in [0.29, 0.717) is 31.7 Å². The zero-order valence-electron chi connectivity index (χ0n) is 15.6. The van der Waals surface area contributed by atoms with Crippen LogP contribution in [-0.2, 0) is 22.3 Å². The molecule has 1 amide bonds. The molecule has 2 N–H and O–H groups in total. The molecule has 1 aromatic carbocycles. The van der Waals surface area contributed by atoms with Crippen LogP contribution in [0.5, 0.6) is 0 Å². The van der Waals surface area contributed by atoms with E-state index < -0.39 is 17.3 Å². The van der Waals surface area contributed by atoms with Gasteiger partial charge in [-0.2, -0.15) is 18.3 Å². The van der Waals surface area contributed by atoms with E-state index in [0.717, 1.165) is 24.7 Å². The van der Waals surface area contributed by atoms with Crippen molar-refractivity contribution in [1.82, 2.24) is 20.4 Å². The lowest BCUT2D eigenvalue weighted by Gasteiger charge is -2.35. The van der Waals surface area contributed by atoms with Gasteiger partial charge in [-0.3, -0.25) is 4.79 Å². The normalized spacial score (nSPS) is 16.7. The molecular weight excluding hydrogens is 373 g/mol. The summed E-state index contributed by atoms with van der Waals surface area (Å²) in [5, 5.41) is 9.75. The SMILES string of the molecule is COCC1(C(=O)NCc2ccc(-n3ccc(C(F)(F)F)n3)cc2)CCNCC1. The predicted molar refractivity (Wildman–Crippen MR) is 96.8 cm³/mol. The highest BCUT2D eigenvalue weighted by atomic mass is 19.4. The van der Waals surface area contributed by atoms with Crippen LogP contribution in [0.1, 0.15) is 24.1 Å². The van der Waals surface area contributed by atoms with Crippen molar-refractivity contribution < 1.29 is 22.7 Å². The van der Waals surface area contributed by atoms with Gasteiger partial charge in [-0.15, -0.1) is 0 Å². The Labute approximate surface area is 161 Å².